The maximum atomic E-state index is 13.4. The second kappa shape index (κ2) is 13.2. The Morgan fingerprint density at radius 1 is 0.878 bits per heavy atom. The molecule has 5 aromatic rings. The van der Waals surface area contributed by atoms with E-state index in [0.29, 0.717) is 29.4 Å². The molecule has 210 valence electrons. The second-order valence-corrected chi connectivity index (χ2v) is 9.79. The van der Waals surface area contributed by atoms with Crippen LogP contribution in [-0.4, -0.2) is 51.9 Å². The summed E-state index contributed by atoms with van der Waals surface area (Å²) >= 11 is 0. The number of carbonyl (C=O) groups is 1. The van der Waals surface area contributed by atoms with E-state index < -0.39 is 0 Å². The molecular weight excluding hydrogens is 519 g/mol. The van der Waals surface area contributed by atoms with Crippen molar-refractivity contribution in [2.24, 2.45) is 0 Å². The third-order valence-corrected chi connectivity index (χ3v) is 6.95. The number of nitrogens with zero attached hydrogens (tertiary/aromatic N) is 3. The molecule has 2 heterocycles. The SMILES string of the molecule is CCN(CC)CCOc1ccc(-c2cc3c(Oc4ccc(CC(=O)Cc5cccc(F)c5)cc4)ncnc3[nH]2)cc1. The van der Waals surface area contributed by atoms with Gasteiger partial charge in [0.1, 0.15) is 41.7 Å². The van der Waals surface area contributed by atoms with E-state index in [4.69, 9.17) is 9.47 Å². The van der Waals surface area contributed by atoms with Crippen LogP contribution in [0, 0.1) is 5.82 Å². The van der Waals surface area contributed by atoms with Gasteiger partial charge in [0.25, 0.3) is 0 Å². The van der Waals surface area contributed by atoms with Crippen molar-refractivity contribution in [2.45, 2.75) is 26.7 Å². The van der Waals surface area contributed by atoms with Crippen LogP contribution >= 0.6 is 0 Å². The zero-order valence-corrected chi connectivity index (χ0v) is 23.3. The summed E-state index contributed by atoms with van der Waals surface area (Å²) in [4.78, 5) is 26.9. The Morgan fingerprint density at radius 3 is 2.34 bits per heavy atom. The first-order valence-corrected chi connectivity index (χ1v) is 13.8. The molecule has 0 saturated heterocycles. The van der Waals surface area contributed by atoms with Gasteiger partial charge in [-0.1, -0.05) is 38.1 Å². The molecule has 0 bridgehead atoms. The lowest BCUT2D eigenvalue weighted by atomic mass is 10.0. The van der Waals surface area contributed by atoms with Crippen molar-refractivity contribution in [1.29, 1.82) is 0 Å². The summed E-state index contributed by atoms with van der Waals surface area (Å²) in [7, 11) is 0. The summed E-state index contributed by atoms with van der Waals surface area (Å²) in [5.74, 6) is 1.54. The third kappa shape index (κ3) is 7.35. The first-order valence-electron chi connectivity index (χ1n) is 13.8. The average Bonchev–Trinajstić information content (AvgIpc) is 3.42. The van der Waals surface area contributed by atoms with Crippen LogP contribution in [-0.2, 0) is 17.6 Å². The fourth-order valence-corrected chi connectivity index (χ4v) is 4.67. The molecule has 0 aliphatic rings. The van der Waals surface area contributed by atoms with Crippen molar-refractivity contribution >= 4 is 16.8 Å². The molecule has 0 aliphatic heterocycles. The van der Waals surface area contributed by atoms with Crippen molar-refractivity contribution in [3.05, 3.63) is 102 Å². The molecule has 1 N–H and O–H groups in total. The lowest BCUT2D eigenvalue weighted by Gasteiger charge is -2.18. The van der Waals surface area contributed by atoms with Crippen LogP contribution in [0.1, 0.15) is 25.0 Å². The zero-order valence-electron chi connectivity index (χ0n) is 23.3. The number of Topliss-reactive ketones (excluding diaryl/α,β-unsaturated/α-hetero) is 1. The van der Waals surface area contributed by atoms with Crippen molar-refractivity contribution in [3.63, 3.8) is 0 Å². The van der Waals surface area contributed by atoms with Crippen molar-refractivity contribution in [1.82, 2.24) is 19.9 Å². The van der Waals surface area contributed by atoms with Crippen molar-refractivity contribution in [2.75, 3.05) is 26.2 Å². The first-order chi connectivity index (χ1) is 20.0. The molecule has 0 unspecified atom stereocenters. The van der Waals surface area contributed by atoms with E-state index in [2.05, 4.69) is 33.7 Å². The van der Waals surface area contributed by atoms with Crippen LogP contribution in [0.2, 0.25) is 0 Å². The minimum atomic E-state index is -0.338. The number of benzene rings is 3. The number of halogens is 1. The number of ketones is 1. The molecular formula is C33H33FN4O3. The highest BCUT2D eigenvalue weighted by atomic mass is 19.1. The summed E-state index contributed by atoms with van der Waals surface area (Å²) in [5, 5.41) is 0.761. The third-order valence-electron chi connectivity index (χ3n) is 6.95. The van der Waals surface area contributed by atoms with E-state index in [1.807, 2.05) is 54.6 Å². The molecule has 0 atom stereocenters. The number of aromatic nitrogens is 3. The van der Waals surface area contributed by atoms with Crippen LogP contribution in [0.5, 0.6) is 17.4 Å². The molecule has 0 fully saturated rings. The molecule has 0 spiro atoms. The highest BCUT2D eigenvalue weighted by Crippen LogP contribution is 2.31. The van der Waals surface area contributed by atoms with Gasteiger partial charge in [-0.05, 0) is 84.4 Å². The lowest BCUT2D eigenvalue weighted by Crippen LogP contribution is -2.27. The Kier molecular flexibility index (Phi) is 9.01. The van der Waals surface area contributed by atoms with Gasteiger partial charge in [-0.25, -0.2) is 14.4 Å². The predicted molar refractivity (Wildman–Crippen MR) is 158 cm³/mol. The molecule has 3 aromatic carbocycles. The lowest BCUT2D eigenvalue weighted by molar-refractivity contribution is -0.117. The second-order valence-electron chi connectivity index (χ2n) is 9.79. The molecule has 0 amide bonds. The Hall–Kier alpha value is -4.56. The van der Waals surface area contributed by atoms with Gasteiger partial charge in [0.15, 0.2) is 0 Å². The van der Waals surface area contributed by atoms with Crippen molar-refractivity contribution in [3.8, 4) is 28.6 Å². The normalized spacial score (nSPS) is 11.2. The molecule has 0 aliphatic carbocycles. The fourth-order valence-electron chi connectivity index (χ4n) is 4.67. The van der Waals surface area contributed by atoms with E-state index in [-0.39, 0.29) is 24.4 Å². The van der Waals surface area contributed by atoms with Crippen LogP contribution in [0.25, 0.3) is 22.3 Å². The number of nitrogens with one attached hydrogen (secondary N) is 1. The zero-order chi connectivity index (χ0) is 28.6. The Balaban J connectivity index is 1.22. The van der Waals surface area contributed by atoms with Crippen LogP contribution in [0.4, 0.5) is 4.39 Å². The fraction of sp³-hybridized carbons (Fsp3) is 0.242. The van der Waals surface area contributed by atoms with Gasteiger partial charge in [-0.3, -0.25) is 4.79 Å². The molecule has 41 heavy (non-hydrogen) atoms. The molecule has 0 saturated carbocycles. The highest BCUT2D eigenvalue weighted by molar-refractivity contribution is 5.87. The number of ether oxygens (including phenoxy) is 2. The van der Waals surface area contributed by atoms with Gasteiger partial charge in [-0.2, -0.15) is 0 Å². The Labute approximate surface area is 239 Å². The number of hydrogen-bond donors (Lipinski definition) is 1. The molecule has 7 nitrogen and oxygen atoms in total. The first kappa shape index (κ1) is 28.0. The van der Waals surface area contributed by atoms with E-state index in [1.54, 1.807) is 12.1 Å². The summed E-state index contributed by atoms with van der Waals surface area (Å²) < 4.78 is 25.4. The van der Waals surface area contributed by atoms with Gasteiger partial charge in [0.05, 0.1) is 5.39 Å². The minimum Gasteiger partial charge on any atom is -0.492 e. The van der Waals surface area contributed by atoms with Gasteiger partial charge in [0.2, 0.25) is 5.88 Å². The summed E-state index contributed by atoms with van der Waals surface area (Å²) in [6.07, 6.45) is 1.91. The van der Waals surface area contributed by atoms with E-state index in [0.717, 1.165) is 47.6 Å². The van der Waals surface area contributed by atoms with Crippen LogP contribution < -0.4 is 9.47 Å². The topological polar surface area (TPSA) is 80.3 Å². The minimum absolute atomic E-state index is 0.0147. The largest absolute Gasteiger partial charge is 0.492 e. The van der Waals surface area contributed by atoms with Gasteiger partial charge in [0, 0.05) is 25.1 Å². The smallest absolute Gasteiger partial charge is 0.231 e. The van der Waals surface area contributed by atoms with Crippen LogP contribution in [0.3, 0.4) is 0 Å². The van der Waals surface area contributed by atoms with E-state index in [9.17, 15) is 9.18 Å². The average molecular weight is 553 g/mol. The quantitative estimate of drug-likeness (QED) is 0.177. The number of H-pyrrole nitrogens is 1. The van der Waals surface area contributed by atoms with E-state index >= 15 is 0 Å². The van der Waals surface area contributed by atoms with Gasteiger partial charge < -0.3 is 19.4 Å². The maximum Gasteiger partial charge on any atom is 0.231 e. The predicted octanol–water partition coefficient (Wildman–Crippen LogP) is 6.63. The number of fused-ring (bicyclic) bond motifs is 1. The molecule has 8 heteroatoms. The number of aromatic amines is 1. The van der Waals surface area contributed by atoms with E-state index in [1.165, 1.54) is 18.5 Å². The highest BCUT2D eigenvalue weighted by Gasteiger charge is 2.12. The summed E-state index contributed by atoms with van der Waals surface area (Å²) in [5.41, 5.74) is 4.09. The monoisotopic (exact) mass is 552 g/mol. The number of hydrogen-bond acceptors (Lipinski definition) is 6. The Bertz CT molecular complexity index is 1600. The molecule has 5 rings (SSSR count). The summed E-state index contributed by atoms with van der Waals surface area (Å²) in [6, 6.07) is 23.4. The van der Waals surface area contributed by atoms with Gasteiger partial charge in [-0.15, -0.1) is 0 Å². The molecule has 2 aromatic heterocycles. The number of rotatable bonds is 13. The van der Waals surface area contributed by atoms with Crippen LogP contribution in [0.15, 0.2) is 85.2 Å². The van der Waals surface area contributed by atoms with Crippen molar-refractivity contribution < 1.29 is 18.7 Å². The Morgan fingerprint density at radius 2 is 1.61 bits per heavy atom. The standard InChI is InChI=1S/C33H33FN4O3/c1-3-38(4-2)16-17-40-28-14-10-25(11-15-28)31-21-30-32(37-31)35-22-36-33(30)41-29-12-8-23(9-13-29)19-27(39)20-24-6-5-7-26(34)18-24/h5-15,18,21-22H,3-4,16-17,19-20H2,1-2H3,(H,35,36,37). The maximum absolute atomic E-state index is 13.4. The molecule has 0 radical (unpaired) electrons. The number of likely N-dealkylation sites (N-methyl/N-ethyl adjacent to an activating group) is 1. The summed E-state index contributed by atoms with van der Waals surface area (Å²) in [6.45, 7) is 7.88. The van der Waals surface area contributed by atoms with Gasteiger partial charge >= 0.3 is 0 Å². The number of carbonyl (C=O) groups excluding carboxylic acids is 1.